The Kier molecular flexibility index (Phi) is 6.69. The van der Waals surface area contributed by atoms with Gasteiger partial charge in [-0.25, -0.2) is 23.7 Å². The summed E-state index contributed by atoms with van der Waals surface area (Å²) < 4.78 is 28.9. The molecule has 1 atom stereocenters. The van der Waals surface area contributed by atoms with Crippen LogP contribution in [0.5, 0.6) is 0 Å². The minimum Gasteiger partial charge on any atom is -0.365 e. The Labute approximate surface area is 232 Å². The Morgan fingerprint density at radius 3 is 2.75 bits per heavy atom. The van der Waals surface area contributed by atoms with E-state index in [1.54, 1.807) is 42.9 Å². The van der Waals surface area contributed by atoms with Crippen molar-refractivity contribution in [2.24, 2.45) is 7.05 Å². The van der Waals surface area contributed by atoms with E-state index in [1.807, 2.05) is 17.8 Å². The lowest BCUT2D eigenvalue weighted by Gasteiger charge is -2.16. The predicted octanol–water partition coefficient (Wildman–Crippen LogP) is 6.63. The topological polar surface area (TPSA) is 84.7 Å². The number of carbonyl (C=O) groups excluding carboxylic acids is 1. The van der Waals surface area contributed by atoms with Gasteiger partial charge in [0.25, 0.3) is 5.91 Å². The van der Waals surface area contributed by atoms with E-state index in [-0.39, 0.29) is 5.91 Å². The molecule has 0 unspecified atom stereocenters. The van der Waals surface area contributed by atoms with Gasteiger partial charge in [-0.15, -0.1) is 11.3 Å². The number of aromatic nitrogens is 4. The summed E-state index contributed by atoms with van der Waals surface area (Å²) in [6.07, 6.45) is 5.23. The SMILES string of the molecule is C[C@H](NC(=O)c1cccnc1NCc1ccc(-c2ccc3cnc4ncn(C)c4c3c2)s1)c1ccc(F)c(F)c1. The van der Waals surface area contributed by atoms with Crippen LogP contribution < -0.4 is 10.6 Å². The molecule has 40 heavy (non-hydrogen) atoms. The van der Waals surface area contributed by atoms with Crippen LogP contribution >= 0.6 is 11.3 Å². The van der Waals surface area contributed by atoms with Gasteiger partial charge in [0, 0.05) is 40.0 Å². The summed E-state index contributed by atoms with van der Waals surface area (Å²) in [5.74, 6) is -1.82. The highest BCUT2D eigenvalue weighted by Crippen LogP contribution is 2.33. The number of benzene rings is 2. The van der Waals surface area contributed by atoms with Crippen molar-refractivity contribution >= 4 is 45.0 Å². The van der Waals surface area contributed by atoms with Crippen LogP contribution in [0, 0.1) is 11.6 Å². The van der Waals surface area contributed by atoms with Crippen molar-refractivity contribution in [2.45, 2.75) is 19.5 Å². The maximum Gasteiger partial charge on any atom is 0.255 e. The maximum absolute atomic E-state index is 13.7. The molecule has 6 aromatic rings. The predicted molar refractivity (Wildman–Crippen MR) is 153 cm³/mol. The van der Waals surface area contributed by atoms with Crippen molar-refractivity contribution in [2.75, 3.05) is 5.32 Å². The molecule has 2 N–H and O–H groups in total. The van der Waals surface area contributed by atoms with Crippen molar-refractivity contribution in [1.82, 2.24) is 24.8 Å². The normalized spacial score (nSPS) is 12.1. The zero-order chi connectivity index (χ0) is 27.8. The molecule has 0 aliphatic carbocycles. The number of imidazole rings is 1. The number of rotatable bonds is 7. The van der Waals surface area contributed by atoms with E-state index in [4.69, 9.17) is 0 Å². The highest BCUT2D eigenvalue weighted by molar-refractivity contribution is 7.15. The van der Waals surface area contributed by atoms with E-state index in [1.165, 1.54) is 6.07 Å². The summed E-state index contributed by atoms with van der Waals surface area (Å²) in [5, 5.41) is 8.26. The summed E-state index contributed by atoms with van der Waals surface area (Å²) in [7, 11) is 1.97. The van der Waals surface area contributed by atoms with Gasteiger partial charge >= 0.3 is 0 Å². The Balaban J connectivity index is 1.18. The first-order valence-corrected chi connectivity index (χ1v) is 13.4. The highest BCUT2D eigenvalue weighted by Gasteiger charge is 2.17. The number of carbonyl (C=O) groups is 1. The fraction of sp³-hybridized carbons (Fsp3) is 0.133. The van der Waals surface area contributed by atoms with Crippen molar-refractivity contribution in [3.05, 3.63) is 107 Å². The average Bonchev–Trinajstić information content (AvgIpc) is 3.60. The third-order valence-electron chi connectivity index (χ3n) is 6.77. The van der Waals surface area contributed by atoms with E-state index in [0.717, 1.165) is 49.4 Å². The van der Waals surface area contributed by atoms with E-state index < -0.39 is 17.7 Å². The van der Waals surface area contributed by atoms with Gasteiger partial charge in [0.1, 0.15) is 5.82 Å². The third-order valence-corrected chi connectivity index (χ3v) is 7.91. The first-order valence-electron chi connectivity index (χ1n) is 12.6. The van der Waals surface area contributed by atoms with Crippen LogP contribution in [0.4, 0.5) is 14.6 Å². The lowest BCUT2D eigenvalue weighted by atomic mass is 10.1. The number of thiophene rings is 1. The zero-order valence-corrected chi connectivity index (χ0v) is 22.5. The molecule has 0 spiro atoms. The monoisotopic (exact) mass is 554 g/mol. The number of hydrogen-bond donors (Lipinski definition) is 2. The average molecular weight is 555 g/mol. The van der Waals surface area contributed by atoms with Crippen LogP contribution in [0.25, 0.3) is 32.4 Å². The van der Waals surface area contributed by atoms with Gasteiger partial charge in [-0.1, -0.05) is 18.2 Å². The summed E-state index contributed by atoms with van der Waals surface area (Å²) in [6.45, 7) is 2.19. The van der Waals surface area contributed by atoms with Gasteiger partial charge in [0.15, 0.2) is 17.3 Å². The molecule has 4 heterocycles. The smallest absolute Gasteiger partial charge is 0.255 e. The molecule has 0 aliphatic heterocycles. The molecule has 4 aromatic heterocycles. The van der Waals surface area contributed by atoms with Gasteiger partial charge in [-0.3, -0.25) is 4.79 Å². The largest absolute Gasteiger partial charge is 0.365 e. The second-order valence-electron chi connectivity index (χ2n) is 9.48. The number of fused-ring (bicyclic) bond motifs is 3. The van der Waals surface area contributed by atoms with Gasteiger partial charge in [-0.05, 0) is 60.5 Å². The summed E-state index contributed by atoms with van der Waals surface area (Å²) in [6, 6.07) is 16.9. The molecule has 1 amide bonds. The standard InChI is InChI=1S/C30H24F2N6OS/c1-17(18-7-9-24(31)25(32)13-18)37-30(39)22-4-3-11-33-28(22)35-15-21-8-10-26(40-21)19-5-6-20-14-34-29-27(23(20)12-19)38(2)16-36-29/h3-14,16-17H,15H2,1-2H3,(H,33,35)(H,37,39)/t17-/m0/s1. The molecule has 7 nitrogen and oxygen atoms in total. The summed E-state index contributed by atoms with van der Waals surface area (Å²) >= 11 is 1.66. The van der Waals surface area contributed by atoms with Crippen LogP contribution in [0.2, 0.25) is 0 Å². The van der Waals surface area contributed by atoms with Crippen molar-refractivity contribution in [3.8, 4) is 10.4 Å². The number of halogens is 2. The molecular weight excluding hydrogens is 530 g/mol. The van der Waals surface area contributed by atoms with Crippen molar-refractivity contribution in [1.29, 1.82) is 0 Å². The fourth-order valence-corrected chi connectivity index (χ4v) is 5.59. The minimum atomic E-state index is -0.955. The first kappa shape index (κ1) is 25.6. The van der Waals surface area contributed by atoms with Gasteiger partial charge < -0.3 is 15.2 Å². The van der Waals surface area contributed by atoms with Gasteiger partial charge in [-0.2, -0.15) is 0 Å². The number of aryl methyl sites for hydroxylation is 1. The molecule has 0 saturated heterocycles. The van der Waals surface area contributed by atoms with Crippen molar-refractivity contribution < 1.29 is 13.6 Å². The van der Waals surface area contributed by atoms with Gasteiger partial charge in [0.05, 0.1) is 30.0 Å². The molecule has 10 heteroatoms. The van der Waals surface area contributed by atoms with Crippen molar-refractivity contribution in [3.63, 3.8) is 0 Å². The second-order valence-corrected chi connectivity index (χ2v) is 10.6. The Morgan fingerprint density at radius 2 is 1.90 bits per heavy atom. The fourth-order valence-electron chi connectivity index (χ4n) is 4.65. The lowest BCUT2D eigenvalue weighted by Crippen LogP contribution is -2.27. The number of hydrogen-bond acceptors (Lipinski definition) is 6. The van der Waals surface area contributed by atoms with E-state index in [9.17, 15) is 13.6 Å². The third kappa shape index (κ3) is 4.89. The highest BCUT2D eigenvalue weighted by atomic mass is 32.1. The number of amides is 1. The van der Waals surface area contributed by atoms with Crippen LogP contribution in [0.15, 0.2) is 79.4 Å². The van der Waals surface area contributed by atoms with Crippen LogP contribution in [0.1, 0.15) is 33.8 Å². The van der Waals surface area contributed by atoms with E-state index in [2.05, 4.69) is 55.9 Å². The summed E-state index contributed by atoms with van der Waals surface area (Å²) in [4.78, 5) is 28.4. The molecule has 6 rings (SSSR count). The number of nitrogens with zero attached hydrogens (tertiary/aromatic N) is 4. The number of nitrogens with one attached hydrogen (secondary N) is 2. The van der Waals surface area contributed by atoms with E-state index >= 15 is 0 Å². The van der Waals surface area contributed by atoms with Gasteiger partial charge in [0.2, 0.25) is 0 Å². The second kappa shape index (κ2) is 10.5. The zero-order valence-electron chi connectivity index (χ0n) is 21.7. The Hall–Kier alpha value is -4.70. The van der Waals surface area contributed by atoms with Crippen LogP contribution in [0.3, 0.4) is 0 Å². The molecular formula is C30H24F2N6OS. The Bertz CT molecular complexity index is 1880. The maximum atomic E-state index is 13.7. The lowest BCUT2D eigenvalue weighted by molar-refractivity contribution is 0.0940. The summed E-state index contributed by atoms with van der Waals surface area (Å²) in [5.41, 5.74) is 3.64. The number of anilines is 1. The van der Waals surface area contributed by atoms with E-state index in [0.29, 0.717) is 23.5 Å². The molecule has 0 aliphatic rings. The molecule has 0 radical (unpaired) electrons. The molecule has 200 valence electrons. The molecule has 0 bridgehead atoms. The molecule has 0 saturated carbocycles. The van der Waals surface area contributed by atoms with Crippen LogP contribution in [-0.4, -0.2) is 25.4 Å². The Morgan fingerprint density at radius 1 is 1.02 bits per heavy atom. The van der Waals surface area contributed by atoms with Crippen LogP contribution in [-0.2, 0) is 13.6 Å². The quantitative estimate of drug-likeness (QED) is 0.232. The molecule has 2 aromatic carbocycles. The number of pyridine rings is 2. The molecule has 0 fully saturated rings. The first-order chi connectivity index (χ1) is 19.4. The minimum absolute atomic E-state index is 0.358.